The van der Waals surface area contributed by atoms with Crippen LogP contribution < -0.4 is 16.0 Å². The highest BCUT2D eigenvalue weighted by Crippen LogP contribution is 2.16. The average molecular weight is 469 g/mol. The first-order valence-electron chi connectivity index (χ1n) is 10.8. The molecule has 4 N–H and O–H groups in total. The van der Waals surface area contributed by atoms with Crippen LogP contribution in [0.3, 0.4) is 0 Å². The van der Waals surface area contributed by atoms with Gasteiger partial charge in [-0.2, -0.15) is 0 Å². The van der Waals surface area contributed by atoms with Crippen molar-refractivity contribution in [1.82, 2.24) is 16.0 Å². The van der Waals surface area contributed by atoms with E-state index in [1.54, 1.807) is 26.0 Å². The minimum atomic E-state index is -1.17. The lowest BCUT2D eigenvalue weighted by Crippen LogP contribution is -2.55. The standard InChI is InChI=1S/C23H28N6O5/c1-13(2)20(28-22(33)17-9-8-15-6-4-5-7-16(15)10-17)23(34)26-14(3)21(32)27-18(11-19(30)31)12-25-29-24/h4-10,13-14,18,20H,11-12H2,1-3H3,(H,26,34)(H,27,32)(H,28,33)(H,30,31)/t14-,18-,20-/m0/s1. The van der Waals surface area contributed by atoms with Crippen molar-refractivity contribution in [2.24, 2.45) is 11.0 Å². The molecule has 180 valence electrons. The molecule has 0 radical (unpaired) electrons. The highest BCUT2D eigenvalue weighted by atomic mass is 16.4. The van der Waals surface area contributed by atoms with Crippen LogP contribution in [0, 0.1) is 5.92 Å². The summed E-state index contributed by atoms with van der Waals surface area (Å²) in [5.74, 6) is -3.07. The number of aliphatic carboxylic acids is 1. The number of azide groups is 1. The lowest BCUT2D eigenvalue weighted by Gasteiger charge is -2.25. The lowest BCUT2D eigenvalue weighted by atomic mass is 10.0. The number of rotatable bonds is 11. The molecule has 0 saturated carbocycles. The number of nitrogens with one attached hydrogen (secondary N) is 3. The Bertz CT molecular complexity index is 1110. The van der Waals surface area contributed by atoms with Crippen LogP contribution >= 0.6 is 0 Å². The zero-order valence-electron chi connectivity index (χ0n) is 19.2. The maximum absolute atomic E-state index is 12.8. The van der Waals surface area contributed by atoms with Crippen LogP contribution in [-0.4, -0.2) is 53.5 Å². The fraction of sp³-hybridized carbons (Fsp3) is 0.391. The fourth-order valence-corrected chi connectivity index (χ4v) is 3.29. The molecule has 2 rings (SSSR count). The highest BCUT2D eigenvalue weighted by Gasteiger charge is 2.28. The predicted molar refractivity (Wildman–Crippen MR) is 126 cm³/mol. The Hall–Kier alpha value is -4.11. The van der Waals surface area contributed by atoms with E-state index in [-0.39, 0.29) is 12.5 Å². The van der Waals surface area contributed by atoms with Gasteiger partial charge < -0.3 is 21.1 Å². The molecule has 0 spiro atoms. The van der Waals surface area contributed by atoms with Crippen molar-refractivity contribution in [1.29, 1.82) is 0 Å². The van der Waals surface area contributed by atoms with Gasteiger partial charge in [-0.15, -0.1) is 0 Å². The molecule has 0 aliphatic heterocycles. The van der Waals surface area contributed by atoms with Crippen molar-refractivity contribution in [2.75, 3.05) is 6.54 Å². The molecular formula is C23H28N6O5. The zero-order valence-corrected chi connectivity index (χ0v) is 19.2. The molecule has 0 heterocycles. The number of carboxylic acid groups (broad SMARTS) is 1. The van der Waals surface area contributed by atoms with E-state index in [4.69, 9.17) is 10.6 Å². The van der Waals surface area contributed by atoms with E-state index >= 15 is 0 Å². The Morgan fingerprint density at radius 3 is 2.26 bits per heavy atom. The predicted octanol–water partition coefficient (Wildman–Crippen LogP) is 2.37. The number of hydrogen-bond donors (Lipinski definition) is 4. The minimum Gasteiger partial charge on any atom is -0.481 e. The van der Waals surface area contributed by atoms with Crippen molar-refractivity contribution < 1.29 is 24.3 Å². The second kappa shape index (κ2) is 12.2. The molecule has 0 saturated heterocycles. The summed E-state index contributed by atoms with van der Waals surface area (Å²) in [6.45, 7) is 4.71. The zero-order chi connectivity index (χ0) is 25.3. The van der Waals surface area contributed by atoms with Crippen LogP contribution in [0.4, 0.5) is 0 Å². The molecule has 0 aliphatic carbocycles. The van der Waals surface area contributed by atoms with E-state index < -0.39 is 48.2 Å². The monoisotopic (exact) mass is 468 g/mol. The number of amides is 3. The average Bonchev–Trinajstić information content (AvgIpc) is 2.79. The summed E-state index contributed by atoms with van der Waals surface area (Å²) >= 11 is 0. The Kier molecular flexibility index (Phi) is 9.39. The van der Waals surface area contributed by atoms with Crippen molar-refractivity contribution in [2.45, 2.75) is 45.3 Å². The van der Waals surface area contributed by atoms with E-state index in [9.17, 15) is 19.2 Å². The first-order valence-corrected chi connectivity index (χ1v) is 10.8. The highest BCUT2D eigenvalue weighted by molar-refractivity contribution is 6.01. The SMILES string of the molecule is CC(C)[C@H](NC(=O)c1ccc2ccccc2c1)C(=O)N[C@@H](C)C(=O)N[C@H](CN=[N+]=[N-])CC(=O)O. The van der Waals surface area contributed by atoms with Crippen LogP contribution in [0.25, 0.3) is 21.2 Å². The molecule has 0 fully saturated rings. The maximum atomic E-state index is 12.8. The summed E-state index contributed by atoms with van der Waals surface area (Å²) in [4.78, 5) is 51.6. The molecule has 2 aromatic carbocycles. The van der Waals surface area contributed by atoms with Crippen LogP contribution in [0.1, 0.15) is 37.6 Å². The van der Waals surface area contributed by atoms with Gasteiger partial charge >= 0.3 is 5.97 Å². The van der Waals surface area contributed by atoms with Crippen molar-refractivity contribution in [3.63, 3.8) is 0 Å². The van der Waals surface area contributed by atoms with Gasteiger partial charge in [-0.05, 0) is 41.3 Å². The van der Waals surface area contributed by atoms with E-state index in [0.29, 0.717) is 5.56 Å². The summed E-state index contributed by atoms with van der Waals surface area (Å²) in [6, 6.07) is 9.98. The summed E-state index contributed by atoms with van der Waals surface area (Å²) in [5, 5.41) is 21.8. The molecule has 3 amide bonds. The third kappa shape index (κ3) is 7.49. The van der Waals surface area contributed by atoms with Gasteiger partial charge in [0, 0.05) is 23.1 Å². The second-order valence-corrected chi connectivity index (χ2v) is 8.20. The smallest absolute Gasteiger partial charge is 0.305 e. The van der Waals surface area contributed by atoms with Gasteiger partial charge in [0.15, 0.2) is 0 Å². The first kappa shape index (κ1) is 26.1. The van der Waals surface area contributed by atoms with Gasteiger partial charge in [0.1, 0.15) is 12.1 Å². The molecule has 34 heavy (non-hydrogen) atoms. The third-order valence-corrected chi connectivity index (χ3v) is 5.13. The van der Waals surface area contributed by atoms with Gasteiger partial charge in [0.25, 0.3) is 5.91 Å². The van der Waals surface area contributed by atoms with Gasteiger partial charge in [0.05, 0.1) is 6.42 Å². The molecule has 0 unspecified atom stereocenters. The Morgan fingerprint density at radius 1 is 0.971 bits per heavy atom. The fourth-order valence-electron chi connectivity index (χ4n) is 3.29. The summed E-state index contributed by atoms with van der Waals surface area (Å²) in [7, 11) is 0. The van der Waals surface area contributed by atoms with Crippen LogP contribution in [-0.2, 0) is 14.4 Å². The summed E-state index contributed by atoms with van der Waals surface area (Å²) < 4.78 is 0. The number of carbonyl (C=O) groups excluding carboxylic acids is 3. The molecule has 0 aliphatic rings. The molecule has 0 bridgehead atoms. The number of nitrogens with zero attached hydrogens (tertiary/aromatic N) is 3. The summed E-state index contributed by atoms with van der Waals surface area (Å²) in [6.07, 6.45) is -0.443. The number of carboxylic acids is 1. The van der Waals surface area contributed by atoms with E-state index in [1.807, 2.05) is 30.3 Å². The number of fused-ring (bicyclic) bond motifs is 1. The number of hydrogen-bond acceptors (Lipinski definition) is 5. The van der Waals surface area contributed by atoms with Crippen molar-refractivity contribution >= 4 is 34.5 Å². The third-order valence-electron chi connectivity index (χ3n) is 5.13. The lowest BCUT2D eigenvalue weighted by molar-refractivity contribution is -0.138. The van der Waals surface area contributed by atoms with Gasteiger partial charge in [0.2, 0.25) is 11.8 Å². The quantitative estimate of drug-likeness (QED) is 0.225. The Labute approximate surface area is 196 Å². The van der Waals surface area contributed by atoms with Gasteiger partial charge in [-0.3, -0.25) is 19.2 Å². The van der Waals surface area contributed by atoms with E-state index in [0.717, 1.165) is 10.8 Å². The minimum absolute atomic E-state index is 0.244. The second-order valence-electron chi connectivity index (χ2n) is 8.20. The Balaban J connectivity index is 2.04. The normalized spacial score (nSPS) is 13.3. The molecule has 11 heteroatoms. The van der Waals surface area contributed by atoms with Crippen molar-refractivity contribution in [3.8, 4) is 0 Å². The topological polar surface area (TPSA) is 173 Å². The molecule has 11 nitrogen and oxygen atoms in total. The van der Waals surface area contributed by atoms with Crippen LogP contribution in [0.15, 0.2) is 47.6 Å². The van der Waals surface area contributed by atoms with Crippen LogP contribution in [0.5, 0.6) is 0 Å². The van der Waals surface area contributed by atoms with Crippen LogP contribution in [0.2, 0.25) is 0 Å². The van der Waals surface area contributed by atoms with Gasteiger partial charge in [-0.1, -0.05) is 49.3 Å². The van der Waals surface area contributed by atoms with E-state index in [2.05, 4.69) is 26.0 Å². The van der Waals surface area contributed by atoms with E-state index in [1.165, 1.54) is 6.92 Å². The largest absolute Gasteiger partial charge is 0.481 e. The number of carbonyl (C=O) groups is 4. The Morgan fingerprint density at radius 2 is 1.65 bits per heavy atom. The van der Waals surface area contributed by atoms with Gasteiger partial charge in [-0.25, -0.2) is 0 Å². The molecule has 0 aromatic heterocycles. The molecule has 3 atom stereocenters. The first-order chi connectivity index (χ1) is 16.1. The summed E-state index contributed by atoms with van der Waals surface area (Å²) in [5.41, 5.74) is 8.84. The number of benzene rings is 2. The van der Waals surface area contributed by atoms with Crippen molar-refractivity contribution in [3.05, 3.63) is 58.5 Å². The maximum Gasteiger partial charge on any atom is 0.305 e. The molecular weight excluding hydrogens is 440 g/mol. The molecule has 2 aromatic rings.